The van der Waals surface area contributed by atoms with E-state index in [0.717, 1.165) is 16.8 Å². The lowest BCUT2D eigenvalue weighted by Crippen LogP contribution is -2.23. The highest BCUT2D eigenvalue weighted by Gasteiger charge is 2.06. The first kappa shape index (κ1) is 18.4. The van der Waals surface area contributed by atoms with E-state index < -0.39 is 6.10 Å². The van der Waals surface area contributed by atoms with Crippen LogP contribution in [0.25, 0.3) is 0 Å². The maximum atomic E-state index is 10.1. The Morgan fingerprint density at radius 3 is 2.09 bits per heavy atom. The van der Waals surface area contributed by atoms with Gasteiger partial charge in [0.15, 0.2) is 5.96 Å². The van der Waals surface area contributed by atoms with Gasteiger partial charge in [0.25, 0.3) is 0 Å². The van der Waals surface area contributed by atoms with E-state index in [9.17, 15) is 5.11 Å². The van der Waals surface area contributed by atoms with Crippen molar-refractivity contribution in [1.82, 2.24) is 0 Å². The largest absolute Gasteiger partial charge is 0.386 e. The number of benzene rings is 2. The predicted octanol–water partition coefficient (Wildman–Crippen LogP) is 3.38. The minimum absolute atomic E-state index is 0. The van der Waals surface area contributed by atoms with Gasteiger partial charge in [0.05, 0.1) is 12.6 Å². The third-order valence-corrected chi connectivity index (χ3v) is 3.22. The van der Waals surface area contributed by atoms with E-state index in [0.29, 0.717) is 5.96 Å². The minimum atomic E-state index is -0.649. The fraction of sp³-hybridized carbons (Fsp3) is 0.235. The van der Waals surface area contributed by atoms with Crippen molar-refractivity contribution in [2.24, 2.45) is 10.7 Å². The molecule has 0 heterocycles. The molecule has 0 fully saturated rings. The van der Waals surface area contributed by atoms with Crippen molar-refractivity contribution in [2.75, 3.05) is 11.9 Å². The predicted molar refractivity (Wildman–Crippen MR) is 103 cm³/mol. The normalized spacial score (nSPS) is 12.4. The van der Waals surface area contributed by atoms with Crippen LogP contribution in [0, 0.1) is 13.8 Å². The zero-order chi connectivity index (χ0) is 15.2. The molecule has 4 N–H and O–H groups in total. The zero-order valence-electron chi connectivity index (χ0n) is 12.8. The molecule has 2 rings (SSSR count). The molecule has 22 heavy (non-hydrogen) atoms. The SMILES string of the molecule is Cc1ccc(NC(N)=NCC(O)c2ccc(C)cc2)cc1.I. The molecule has 1 unspecified atom stereocenters. The van der Waals surface area contributed by atoms with Crippen molar-refractivity contribution in [2.45, 2.75) is 20.0 Å². The third-order valence-electron chi connectivity index (χ3n) is 3.22. The highest BCUT2D eigenvalue weighted by Crippen LogP contribution is 2.14. The number of rotatable bonds is 4. The summed E-state index contributed by atoms with van der Waals surface area (Å²) in [5.41, 5.74) is 9.89. The van der Waals surface area contributed by atoms with Crippen LogP contribution >= 0.6 is 24.0 Å². The summed E-state index contributed by atoms with van der Waals surface area (Å²) >= 11 is 0. The fourth-order valence-corrected chi connectivity index (χ4v) is 1.90. The summed E-state index contributed by atoms with van der Waals surface area (Å²) in [7, 11) is 0. The Morgan fingerprint density at radius 1 is 1.05 bits per heavy atom. The van der Waals surface area contributed by atoms with E-state index in [-0.39, 0.29) is 30.5 Å². The number of halogens is 1. The van der Waals surface area contributed by atoms with Gasteiger partial charge in [-0.3, -0.25) is 4.99 Å². The van der Waals surface area contributed by atoms with Crippen molar-refractivity contribution in [3.63, 3.8) is 0 Å². The van der Waals surface area contributed by atoms with Crippen molar-refractivity contribution < 1.29 is 5.11 Å². The van der Waals surface area contributed by atoms with Crippen molar-refractivity contribution >= 4 is 35.6 Å². The van der Waals surface area contributed by atoms with Crippen LogP contribution < -0.4 is 11.1 Å². The molecule has 4 nitrogen and oxygen atoms in total. The molecular weight excluding hydrogens is 389 g/mol. The smallest absolute Gasteiger partial charge is 0.193 e. The Hall–Kier alpha value is -1.60. The number of aliphatic imine (C=N–C) groups is 1. The molecular formula is C17H22IN3O. The van der Waals surface area contributed by atoms with Crippen LogP contribution in [0.2, 0.25) is 0 Å². The van der Waals surface area contributed by atoms with Gasteiger partial charge in [-0.2, -0.15) is 0 Å². The molecule has 118 valence electrons. The molecule has 2 aromatic rings. The van der Waals surface area contributed by atoms with Gasteiger partial charge in [0.1, 0.15) is 0 Å². The van der Waals surface area contributed by atoms with Crippen LogP contribution in [0.5, 0.6) is 0 Å². The van der Waals surface area contributed by atoms with E-state index >= 15 is 0 Å². The van der Waals surface area contributed by atoms with E-state index in [1.54, 1.807) is 0 Å². The molecule has 0 aliphatic rings. The summed E-state index contributed by atoms with van der Waals surface area (Å²) in [4.78, 5) is 4.17. The Labute approximate surface area is 148 Å². The number of aliphatic hydroxyl groups is 1. The summed E-state index contributed by atoms with van der Waals surface area (Å²) in [5.74, 6) is 0.296. The number of aliphatic hydroxyl groups excluding tert-OH is 1. The summed E-state index contributed by atoms with van der Waals surface area (Å²) in [5, 5.41) is 13.1. The molecule has 0 spiro atoms. The molecule has 0 aliphatic carbocycles. The number of nitrogens with one attached hydrogen (secondary N) is 1. The number of aryl methyl sites for hydroxylation is 2. The van der Waals surface area contributed by atoms with Gasteiger partial charge in [-0.25, -0.2) is 0 Å². The van der Waals surface area contributed by atoms with E-state index in [1.165, 1.54) is 5.56 Å². The molecule has 2 aromatic carbocycles. The number of hydrogen-bond acceptors (Lipinski definition) is 2. The minimum Gasteiger partial charge on any atom is -0.386 e. The van der Waals surface area contributed by atoms with E-state index in [1.807, 2.05) is 62.4 Å². The Balaban J connectivity index is 0.00000242. The van der Waals surface area contributed by atoms with Crippen LogP contribution in [0.3, 0.4) is 0 Å². The second kappa shape index (κ2) is 8.75. The molecule has 1 atom stereocenters. The van der Waals surface area contributed by atoms with E-state index in [4.69, 9.17) is 5.73 Å². The molecule has 0 bridgehead atoms. The van der Waals surface area contributed by atoms with Gasteiger partial charge in [-0.15, -0.1) is 24.0 Å². The lowest BCUT2D eigenvalue weighted by Gasteiger charge is -2.10. The average molecular weight is 411 g/mol. The van der Waals surface area contributed by atoms with Crippen molar-refractivity contribution in [1.29, 1.82) is 0 Å². The molecule has 0 amide bonds. The Morgan fingerprint density at radius 2 is 1.55 bits per heavy atom. The van der Waals surface area contributed by atoms with Crippen LogP contribution in [0.4, 0.5) is 5.69 Å². The molecule has 0 aromatic heterocycles. The van der Waals surface area contributed by atoms with Gasteiger partial charge in [-0.1, -0.05) is 47.5 Å². The van der Waals surface area contributed by atoms with Crippen LogP contribution in [0.15, 0.2) is 53.5 Å². The highest BCUT2D eigenvalue weighted by atomic mass is 127. The maximum Gasteiger partial charge on any atom is 0.193 e. The molecule has 5 heteroatoms. The van der Waals surface area contributed by atoms with Crippen LogP contribution in [-0.2, 0) is 0 Å². The number of hydrogen-bond donors (Lipinski definition) is 3. The second-order valence-electron chi connectivity index (χ2n) is 5.14. The average Bonchev–Trinajstić information content (AvgIpc) is 2.48. The quantitative estimate of drug-likeness (QED) is 0.411. The summed E-state index contributed by atoms with van der Waals surface area (Å²) in [6, 6.07) is 15.6. The number of nitrogens with zero attached hydrogens (tertiary/aromatic N) is 1. The molecule has 0 radical (unpaired) electrons. The lowest BCUT2D eigenvalue weighted by atomic mass is 10.1. The molecule has 0 saturated carbocycles. The van der Waals surface area contributed by atoms with E-state index in [2.05, 4.69) is 10.3 Å². The Kier molecular flexibility index (Phi) is 7.34. The maximum absolute atomic E-state index is 10.1. The third kappa shape index (κ3) is 5.65. The first-order chi connectivity index (χ1) is 10.0. The fourth-order valence-electron chi connectivity index (χ4n) is 1.90. The summed E-state index contributed by atoms with van der Waals surface area (Å²) in [6.07, 6.45) is -0.649. The van der Waals surface area contributed by atoms with Crippen LogP contribution in [0.1, 0.15) is 22.8 Å². The topological polar surface area (TPSA) is 70.6 Å². The van der Waals surface area contributed by atoms with Crippen LogP contribution in [-0.4, -0.2) is 17.6 Å². The first-order valence-corrected chi connectivity index (χ1v) is 6.93. The highest BCUT2D eigenvalue weighted by molar-refractivity contribution is 14.0. The molecule has 0 saturated heterocycles. The number of guanidine groups is 1. The number of anilines is 1. The Bertz CT molecular complexity index is 609. The zero-order valence-corrected chi connectivity index (χ0v) is 15.1. The monoisotopic (exact) mass is 411 g/mol. The van der Waals surface area contributed by atoms with Gasteiger partial charge < -0.3 is 16.2 Å². The number of nitrogens with two attached hydrogens (primary N) is 1. The van der Waals surface area contributed by atoms with Gasteiger partial charge >= 0.3 is 0 Å². The first-order valence-electron chi connectivity index (χ1n) is 6.93. The van der Waals surface area contributed by atoms with Gasteiger partial charge in [0, 0.05) is 5.69 Å². The van der Waals surface area contributed by atoms with Crippen molar-refractivity contribution in [3.8, 4) is 0 Å². The van der Waals surface area contributed by atoms with Gasteiger partial charge in [-0.05, 0) is 31.5 Å². The molecule has 0 aliphatic heterocycles. The summed E-state index contributed by atoms with van der Waals surface area (Å²) < 4.78 is 0. The van der Waals surface area contributed by atoms with Gasteiger partial charge in [0.2, 0.25) is 0 Å². The van der Waals surface area contributed by atoms with Crippen molar-refractivity contribution in [3.05, 3.63) is 65.2 Å². The standard InChI is InChI=1S/C17H21N3O.HI/c1-12-3-7-14(8-4-12)16(21)11-19-17(18)20-15-9-5-13(2)6-10-15;/h3-10,16,21H,11H2,1-2H3,(H3,18,19,20);1H. The second-order valence-corrected chi connectivity index (χ2v) is 5.14. The lowest BCUT2D eigenvalue weighted by molar-refractivity contribution is 0.187. The summed E-state index contributed by atoms with van der Waals surface area (Å²) in [6.45, 7) is 4.27.